The highest BCUT2D eigenvalue weighted by Crippen LogP contribution is 2.34. The SMILES string of the molecule is CCOC1CCN(C(=O)c2cn3nc(-c4ccc(F)cc4)cc(C(F)(F)F)c3n2)CC1. The molecule has 0 bridgehead atoms. The zero-order chi connectivity index (χ0) is 22.2. The summed E-state index contributed by atoms with van der Waals surface area (Å²) in [5.74, 6) is -0.957. The molecule has 4 rings (SSSR count). The maximum Gasteiger partial charge on any atom is 0.420 e. The van der Waals surface area contributed by atoms with Crippen molar-refractivity contribution < 1.29 is 27.1 Å². The van der Waals surface area contributed by atoms with Crippen LogP contribution in [0, 0.1) is 5.82 Å². The molecule has 0 radical (unpaired) electrons. The van der Waals surface area contributed by atoms with Gasteiger partial charge in [0.25, 0.3) is 5.91 Å². The predicted molar refractivity (Wildman–Crippen MR) is 104 cm³/mol. The standard InChI is InChI=1S/C21H20F4N4O2/c1-2-31-15-7-9-28(10-8-15)20(30)18-12-29-19(26-18)16(21(23,24)25)11-17(27-29)13-3-5-14(22)6-4-13/h3-6,11-12,15H,2,7-10H2,1H3. The molecular weight excluding hydrogens is 416 g/mol. The molecule has 0 N–H and O–H groups in total. The Balaban J connectivity index is 1.69. The minimum absolute atomic E-state index is 0.00578. The number of hydrogen-bond acceptors (Lipinski definition) is 4. The van der Waals surface area contributed by atoms with E-state index in [-0.39, 0.29) is 17.5 Å². The van der Waals surface area contributed by atoms with Crippen LogP contribution in [0.4, 0.5) is 17.6 Å². The molecule has 2 aromatic heterocycles. The third-order valence-corrected chi connectivity index (χ3v) is 5.22. The lowest BCUT2D eigenvalue weighted by atomic mass is 10.1. The number of imidazole rings is 1. The molecule has 0 atom stereocenters. The van der Waals surface area contributed by atoms with E-state index in [0.29, 0.717) is 38.1 Å². The Kier molecular flexibility index (Phi) is 5.65. The third kappa shape index (κ3) is 4.39. The van der Waals surface area contributed by atoms with Crippen molar-refractivity contribution in [2.24, 2.45) is 0 Å². The fraction of sp³-hybridized carbons (Fsp3) is 0.381. The highest BCUT2D eigenvalue weighted by atomic mass is 19.4. The smallest absolute Gasteiger partial charge is 0.378 e. The quantitative estimate of drug-likeness (QED) is 0.576. The Morgan fingerprint density at radius 2 is 1.87 bits per heavy atom. The number of ether oxygens (including phenoxy) is 1. The van der Waals surface area contributed by atoms with Crippen molar-refractivity contribution >= 4 is 11.6 Å². The molecule has 1 aromatic carbocycles. The average Bonchev–Trinajstić information content (AvgIpc) is 3.17. The fourth-order valence-electron chi connectivity index (χ4n) is 3.67. The molecule has 1 aliphatic rings. The summed E-state index contributed by atoms with van der Waals surface area (Å²) < 4.78 is 60.8. The van der Waals surface area contributed by atoms with Crippen LogP contribution in [0.3, 0.4) is 0 Å². The number of piperidine rings is 1. The van der Waals surface area contributed by atoms with Gasteiger partial charge in [-0.05, 0) is 50.1 Å². The Labute approximate surface area is 175 Å². The molecule has 1 aliphatic heterocycles. The molecule has 0 saturated carbocycles. The number of fused-ring (bicyclic) bond motifs is 1. The summed E-state index contributed by atoms with van der Waals surface area (Å²) in [5, 5.41) is 4.17. The van der Waals surface area contributed by atoms with Crippen LogP contribution in [0.1, 0.15) is 35.8 Å². The van der Waals surface area contributed by atoms with E-state index < -0.39 is 29.1 Å². The molecule has 3 aromatic rings. The topological polar surface area (TPSA) is 59.7 Å². The second kappa shape index (κ2) is 8.26. The monoisotopic (exact) mass is 436 g/mol. The highest BCUT2D eigenvalue weighted by Gasteiger charge is 2.36. The van der Waals surface area contributed by atoms with Crippen LogP contribution in [0.2, 0.25) is 0 Å². The number of halogens is 4. The number of nitrogens with zero attached hydrogens (tertiary/aromatic N) is 4. The van der Waals surface area contributed by atoms with Crippen LogP contribution in [-0.2, 0) is 10.9 Å². The van der Waals surface area contributed by atoms with Gasteiger partial charge in [-0.15, -0.1) is 0 Å². The van der Waals surface area contributed by atoms with Crippen molar-refractivity contribution in [1.82, 2.24) is 19.5 Å². The lowest BCUT2D eigenvalue weighted by Crippen LogP contribution is -2.41. The number of aromatic nitrogens is 3. The number of amides is 1. The minimum atomic E-state index is -4.71. The fourth-order valence-corrected chi connectivity index (χ4v) is 3.67. The second-order valence-electron chi connectivity index (χ2n) is 7.29. The summed E-state index contributed by atoms with van der Waals surface area (Å²) >= 11 is 0. The molecule has 3 heterocycles. The summed E-state index contributed by atoms with van der Waals surface area (Å²) in [6.07, 6.45) is -2.11. The molecule has 0 aliphatic carbocycles. The lowest BCUT2D eigenvalue weighted by molar-refractivity contribution is -0.136. The van der Waals surface area contributed by atoms with Gasteiger partial charge in [0.05, 0.1) is 18.0 Å². The summed E-state index contributed by atoms with van der Waals surface area (Å²) in [5.41, 5.74) is -1.27. The van der Waals surface area contributed by atoms with Gasteiger partial charge in [0.2, 0.25) is 0 Å². The molecule has 10 heteroatoms. The van der Waals surface area contributed by atoms with Gasteiger partial charge in [0.15, 0.2) is 5.65 Å². The van der Waals surface area contributed by atoms with Crippen molar-refractivity contribution in [3.8, 4) is 11.3 Å². The van der Waals surface area contributed by atoms with Gasteiger partial charge in [0.1, 0.15) is 17.1 Å². The van der Waals surface area contributed by atoms with Crippen molar-refractivity contribution in [2.45, 2.75) is 32.0 Å². The zero-order valence-electron chi connectivity index (χ0n) is 16.7. The van der Waals surface area contributed by atoms with Crippen LogP contribution in [0.5, 0.6) is 0 Å². The van der Waals surface area contributed by atoms with E-state index in [4.69, 9.17) is 4.74 Å². The summed E-state index contributed by atoms with van der Waals surface area (Å²) in [7, 11) is 0. The van der Waals surface area contributed by atoms with Crippen LogP contribution >= 0.6 is 0 Å². The van der Waals surface area contributed by atoms with E-state index in [1.807, 2.05) is 6.92 Å². The molecule has 164 valence electrons. The third-order valence-electron chi connectivity index (χ3n) is 5.22. The first-order chi connectivity index (χ1) is 14.8. The molecule has 1 fully saturated rings. The van der Waals surface area contributed by atoms with E-state index in [0.717, 1.165) is 22.7 Å². The first-order valence-electron chi connectivity index (χ1n) is 9.90. The number of benzene rings is 1. The number of carbonyl (C=O) groups is 1. The molecule has 31 heavy (non-hydrogen) atoms. The molecular formula is C21H20F4N4O2. The highest BCUT2D eigenvalue weighted by molar-refractivity contribution is 5.93. The van der Waals surface area contributed by atoms with Gasteiger partial charge >= 0.3 is 6.18 Å². The Hall–Kier alpha value is -3.01. The maximum absolute atomic E-state index is 13.7. The first-order valence-corrected chi connectivity index (χ1v) is 9.90. The summed E-state index contributed by atoms with van der Waals surface area (Å²) in [6, 6.07) is 5.83. The number of likely N-dealkylation sites (tertiary alicyclic amines) is 1. The summed E-state index contributed by atoms with van der Waals surface area (Å²) in [6.45, 7) is 3.38. The van der Waals surface area contributed by atoms with Gasteiger partial charge < -0.3 is 9.64 Å². The van der Waals surface area contributed by atoms with E-state index in [9.17, 15) is 22.4 Å². The number of alkyl halides is 3. The largest absolute Gasteiger partial charge is 0.420 e. The Morgan fingerprint density at radius 1 is 1.19 bits per heavy atom. The van der Waals surface area contributed by atoms with Crippen LogP contribution in [-0.4, -0.2) is 51.2 Å². The normalized spacial score (nSPS) is 15.6. The molecule has 1 saturated heterocycles. The van der Waals surface area contributed by atoms with Crippen molar-refractivity contribution in [3.63, 3.8) is 0 Å². The van der Waals surface area contributed by atoms with Gasteiger partial charge in [0, 0.05) is 25.3 Å². The first kappa shape index (κ1) is 21.2. The number of carbonyl (C=O) groups excluding carboxylic acids is 1. The van der Waals surface area contributed by atoms with Crippen LogP contribution in [0.15, 0.2) is 36.5 Å². The van der Waals surface area contributed by atoms with Crippen molar-refractivity contribution in [1.29, 1.82) is 0 Å². The van der Waals surface area contributed by atoms with Crippen LogP contribution < -0.4 is 0 Å². The zero-order valence-corrected chi connectivity index (χ0v) is 16.7. The van der Waals surface area contributed by atoms with Crippen molar-refractivity contribution in [2.75, 3.05) is 19.7 Å². The Morgan fingerprint density at radius 3 is 2.48 bits per heavy atom. The van der Waals surface area contributed by atoms with Gasteiger partial charge in [-0.2, -0.15) is 18.3 Å². The number of rotatable bonds is 4. The molecule has 6 nitrogen and oxygen atoms in total. The Bertz CT molecular complexity index is 1090. The van der Waals surface area contributed by atoms with Gasteiger partial charge in [-0.1, -0.05) is 0 Å². The molecule has 0 spiro atoms. The van der Waals surface area contributed by atoms with E-state index in [2.05, 4.69) is 10.1 Å². The molecule has 1 amide bonds. The minimum Gasteiger partial charge on any atom is -0.378 e. The van der Waals surface area contributed by atoms with E-state index >= 15 is 0 Å². The van der Waals surface area contributed by atoms with Crippen molar-refractivity contribution in [3.05, 3.63) is 53.6 Å². The molecule has 0 unspecified atom stereocenters. The maximum atomic E-state index is 13.7. The predicted octanol–water partition coefficient (Wildman–Crippen LogP) is 4.20. The average molecular weight is 436 g/mol. The van der Waals surface area contributed by atoms with Gasteiger partial charge in [-0.25, -0.2) is 13.9 Å². The summed E-state index contributed by atoms with van der Waals surface area (Å²) in [4.78, 5) is 18.4. The number of hydrogen-bond donors (Lipinski definition) is 0. The van der Waals surface area contributed by atoms with Gasteiger partial charge in [-0.3, -0.25) is 4.79 Å². The van der Waals surface area contributed by atoms with E-state index in [1.54, 1.807) is 4.90 Å². The lowest BCUT2D eigenvalue weighted by Gasteiger charge is -2.31. The van der Waals surface area contributed by atoms with E-state index in [1.165, 1.54) is 18.3 Å². The second-order valence-corrected chi connectivity index (χ2v) is 7.29. The van der Waals surface area contributed by atoms with Crippen LogP contribution in [0.25, 0.3) is 16.9 Å².